The van der Waals surface area contributed by atoms with E-state index in [4.69, 9.17) is 0 Å². The Bertz CT molecular complexity index is 747. The molecular weight excluding hydrogens is 289 g/mol. The number of fused-ring (bicyclic) bond motifs is 4. The maximum atomic E-state index is 13.9. The van der Waals surface area contributed by atoms with Crippen LogP contribution < -0.4 is 5.32 Å². The number of aryl methyl sites for hydroxylation is 1. The number of rotatable bonds is 1. The molecule has 1 fully saturated rings. The fraction of sp³-hybridized carbons (Fsp3) is 0.429. The highest BCUT2D eigenvalue weighted by Crippen LogP contribution is 2.44. The smallest absolute Gasteiger partial charge is 0.314 e. The highest BCUT2D eigenvalue weighted by atomic mass is 19.1. The molecule has 2 aromatic rings. The minimum absolute atomic E-state index is 0.0173. The number of hydrogen-bond donors (Lipinski definition) is 1. The summed E-state index contributed by atoms with van der Waals surface area (Å²) in [6.07, 6.45) is 3.62. The van der Waals surface area contributed by atoms with Crippen LogP contribution in [0, 0.1) is 12.9 Å². The number of nitrogens with zero attached hydrogens (tertiary/aromatic N) is 4. The minimum Gasteiger partial charge on any atom is -0.314 e. The van der Waals surface area contributed by atoms with Gasteiger partial charge in [0.2, 0.25) is 11.8 Å². The Morgan fingerprint density at radius 1 is 1.45 bits per heavy atom. The van der Waals surface area contributed by atoms with Crippen molar-refractivity contribution in [2.75, 3.05) is 5.32 Å². The summed E-state index contributed by atoms with van der Waals surface area (Å²) < 4.78 is 18.5. The fourth-order valence-corrected chi connectivity index (χ4v) is 3.44. The molecule has 7 nitrogen and oxygen atoms in total. The molecule has 2 bridgehead atoms. The second-order valence-electron chi connectivity index (χ2n) is 5.66. The molecule has 1 saturated heterocycles. The Morgan fingerprint density at radius 3 is 3.09 bits per heavy atom. The number of nitrogens with one attached hydrogen (secondary N) is 1. The molecule has 2 aliphatic heterocycles. The van der Waals surface area contributed by atoms with Gasteiger partial charge in [-0.05, 0) is 43.0 Å². The molecule has 2 amide bonds. The number of amides is 2. The van der Waals surface area contributed by atoms with Crippen LogP contribution in [0.5, 0.6) is 0 Å². The van der Waals surface area contributed by atoms with E-state index in [1.807, 2.05) is 0 Å². The zero-order valence-electron chi connectivity index (χ0n) is 11.9. The predicted octanol–water partition coefficient (Wildman–Crippen LogP) is 2.21. The van der Waals surface area contributed by atoms with Crippen molar-refractivity contribution in [1.29, 1.82) is 0 Å². The maximum Gasteiger partial charge on any atom is 0.323 e. The van der Waals surface area contributed by atoms with E-state index in [0.717, 1.165) is 18.4 Å². The van der Waals surface area contributed by atoms with E-state index < -0.39 is 5.95 Å². The first-order valence-corrected chi connectivity index (χ1v) is 7.17. The first-order valence-electron chi connectivity index (χ1n) is 7.17. The molecule has 0 aliphatic carbocycles. The van der Waals surface area contributed by atoms with E-state index in [-0.39, 0.29) is 18.1 Å². The predicted molar refractivity (Wildman–Crippen MR) is 73.6 cm³/mol. The number of carbonyl (C=O) groups is 1. The number of aromatic nitrogens is 3. The lowest BCUT2D eigenvalue weighted by Crippen LogP contribution is -2.44. The first-order chi connectivity index (χ1) is 10.6. The Balaban J connectivity index is 1.64. The van der Waals surface area contributed by atoms with Gasteiger partial charge in [-0.1, -0.05) is 5.16 Å². The van der Waals surface area contributed by atoms with Crippen LogP contribution in [0.2, 0.25) is 0 Å². The quantitative estimate of drug-likeness (QED) is 0.816. The van der Waals surface area contributed by atoms with Gasteiger partial charge >= 0.3 is 6.03 Å². The van der Waals surface area contributed by atoms with Crippen LogP contribution in [0.15, 0.2) is 16.9 Å². The van der Waals surface area contributed by atoms with Gasteiger partial charge in [0.25, 0.3) is 0 Å². The minimum atomic E-state index is -0.425. The van der Waals surface area contributed by atoms with Crippen LogP contribution >= 0.6 is 0 Å². The fourth-order valence-electron chi connectivity index (χ4n) is 3.44. The molecule has 0 spiro atoms. The molecule has 114 valence electrons. The average Bonchev–Trinajstić information content (AvgIpc) is 3.04. The van der Waals surface area contributed by atoms with Gasteiger partial charge in [-0.15, -0.1) is 0 Å². The number of anilines is 1. The van der Waals surface area contributed by atoms with Crippen LogP contribution in [0.25, 0.3) is 0 Å². The monoisotopic (exact) mass is 303 g/mol. The van der Waals surface area contributed by atoms with Crippen LogP contribution in [-0.4, -0.2) is 32.3 Å². The van der Waals surface area contributed by atoms with Gasteiger partial charge in [-0.25, -0.2) is 14.4 Å². The SMILES string of the molecule is Cc1nonc1NC(=O)N1[C@@H]2CC[C@H]1c1ccnc(F)c1C2. The third kappa shape index (κ3) is 1.87. The number of pyridine rings is 1. The molecule has 4 heterocycles. The van der Waals surface area contributed by atoms with E-state index in [9.17, 15) is 9.18 Å². The molecule has 8 heteroatoms. The lowest BCUT2D eigenvalue weighted by Gasteiger charge is -2.35. The van der Waals surface area contributed by atoms with Gasteiger partial charge in [0.1, 0.15) is 5.69 Å². The van der Waals surface area contributed by atoms with E-state index in [1.54, 1.807) is 17.9 Å². The summed E-state index contributed by atoms with van der Waals surface area (Å²) in [6, 6.07) is 1.41. The van der Waals surface area contributed by atoms with Crippen molar-refractivity contribution in [1.82, 2.24) is 20.2 Å². The Labute approximate surface area is 125 Å². The molecule has 1 N–H and O–H groups in total. The van der Waals surface area contributed by atoms with Crippen molar-refractivity contribution in [2.24, 2.45) is 0 Å². The highest BCUT2D eigenvalue weighted by Gasteiger charge is 2.43. The highest BCUT2D eigenvalue weighted by molar-refractivity contribution is 5.89. The molecule has 0 aromatic carbocycles. The maximum absolute atomic E-state index is 13.9. The number of urea groups is 1. The summed E-state index contributed by atoms with van der Waals surface area (Å²) in [5.41, 5.74) is 2.01. The van der Waals surface area contributed by atoms with Gasteiger partial charge in [-0.3, -0.25) is 5.32 Å². The number of carbonyl (C=O) groups excluding carboxylic acids is 1. The Hall–Kier alpha value is -2.51. The molecule has 0 radical (unpaired) electrons. The van der Waals surface area contributed by atoms with Crippen LogP contribution in [0.3, 0.4) is 0 Å². The van der Waals surface area contributed by atoms with E-state index >= 15 is 0 Å². The zero-order chi connectivity index (χ0) is 15.3. The largest absolute Gasteiger partial charge is 0.323 e. The number of halogens is 1. The molecule has 2 aliphatic rings. The summed E-state index contributed by atoms with van der Waals surface area (Å²) in [4.78, 5) is 18.1. The lowest BCUT2D eigenvalue weighted by atomic mass is 9.95. The summed E-state index contributed by atoms with van der Waals surface area (Å²) >= 11 is 0. The van der Waals surface area contributed by atoms with Crippen molar-refractivity contribution < 1.29 is 13.8 Å². The topological polar surface area (TPSA) is 84.2 Å². The molecule has 0 saturated carbocycles. The van der Waals surface area contributed by atoms with Gasteiger partial charge in [0.15, 0.2) is 0 Å². The van der Waals surface area contributed by atoms with E-state index in [0.29, 0.717) is 23.5 Å². The third-order valence-electron chi connectivity index (χ3n) is 4.45. The molecule has 4 rings (SSSR count). The van der Waals surface area contributed by atoms with Crippen LogP contribution in [-0.2, 0) is 6.42 Å². The van der Waals surface area contributed by atoms with Gasteiger partial charge in [0.05, 0.1) is 6.04 Å². The number of hydrogen-bond acceptors (Lipinski definition) is 5. The summed E-state index contributed by atoms with van der Waals surface area (Å²) in [5, 5.41) is 10.0. The van der Waals surface area contributed by atoms with Crippen LogP contribution in [0.4, 0.5) is 15.0 Å². The Morgan fingerprint density at radius 2 is 2.32 bits per heavy atom. The summed E-state index contributed by atoms with van der Waals surface area (Å²) in [6.45, 7) is 1.70. The summed E-state index contributed by atoms with van der Waals surface area (Å²) in [5.74, 6) is -0.109. The van der Waals surface area contributed by atoms with Crippen molar-refractivity contribution in [2.45, 2.75) is 38.3 Å². The molecular formula is C14H14FN5O2. The van der Waals surface area contributed by atoms with Crippen LogP contribution in [0.1, 0.15) is 35.7 Å². The average molecular weight is 303 g/mol. The molecule has 0 unspecified atom stereocenters. The normalized spacial score (nSPS) is 22.5. The van der Waals surface area contributed by atoms with Crippen molar-refractivity contribution in [3.05, 3.63) is 35.0 Å². The second kappa shape index (κ2) is 4.75. The first kappa shape index (κ1) is 13.2. The van der Waals surface area contributed by atoms with Gasteiger partial charge in [0, 0.05) is 17.8 Å². The molecule has 2 atom stereocenters. The lowest BCUT2D eigenvalue weighted by molar-refractivity contribution is 0.178. The van der Waals surface area contributed by atoms with Gasteiger partial charge in [-0.2, -0.15) is 4.39 Å². The van der Waals surface area contributed by atoms with Crippen molar-refractivity contribution in [3.63, 3.8) is 0 Å². The summed E-state index contributed by atoms with van der Waals surface area (Å²) in [7, 11) is 0. The third-order valence-corrected chi connectivity index (χ3v) is 4.45. The Kier molecular flexibility index (Phi) is 2.85. The molecule has 22 heavy (non-hydrogen) atoms. The van der Waals surface area contributed by atoms with E-state index in [1.165, 1.54) is 6.20 Å². The second-order valence-corrected chi connectivity index (χ2v) is 5.66. The van der Waals surface area contributed by atoms with Crippen molar-refractivity contribution >= 4 is 11.8 Å². The molecule has 2 aromatic heterocycles. The van der Waals surface area contributed by atoms with Gasteiger partial charge < -0.3 is 4.90 Å². The zero-order valence-corrected chi connectivity index (χ0v) is 11.9. The van der Waals surface area contributed by atoms with E-state index in [2.05, 4.69) is 25.2 Å². The van der Waals surface area contributed by atoms with Crippen molar-refractivity contribution in [3.8, 4) is 0 Å². The standard InChI is InChI=1S/C14H14FN5O2/c1-7-13(19-22-18-7)17-14(21)20-8-2-3-11(20)9-4-5-16-12(15)10(9)6-8/h4-5,8,11H,2-3,6H2,1H3,(H,17,19,21)/t8-,11+/m1/s1.